The summed E-state index contributed by atoms with van der Waals surface area (Å²) in [4.78, 5) is 12.4. The van der Waals surface area contributed by atoms with Crippen molar-refractivity contribution >= 4 is 11.6 Å². The smallest absolute Gasteiger partial charge is 0.244 e. The van der Waals surface area contributed by atoms with Crippen molar-refractivity contribution in [1.82, 2.24) is 5.32 Å². The average molecular weight is 358 g/mol. The first-order chi connectivity index (χ1) is 12.5. The zero-order valence-electron chi connectivity index (χ0n) is 14.9. The Kier molecular flexibility index (Phi) is 5.85. The molecule has 0 spiro atoms. The van der Waals surface area contributed by atoms with E-state index in [2.05, 4.69) is 10.6 Å². The number of carbonyl (C=O) groups excluding carboxylic acids is 1. The van der Waals surface area contributed by atoms with Gasteiger partial charge in [0.25, 0.3) is 0 Å². The number of halogens is 1. The van der Waals surface area contributed by atoms with Gasteiger partial charge in [-0.25, -0.2) is 4.39 Å². The summed E-state index contributed by atoms with van der Waals surface area (Å²) in [6.07, 6.45) is -0.169. The molecule has 2 atom stereocenters. The van der Waals surface area contributed by atoms with Gasteiger partial charge in [0, 0.05) is 12.2 Å². The van der Waals surface area contributed by atoms with Gasteiger partial charge < -0.3 is 20.1 Å². The second kappa shape index (κ2) is 8.29. The lowest BCUT2D eigenvalue weighted by molar-refractivity contribution is -0.123. The van der Waals surface area contributed by atoms with Crippen LogP contribution in [-0.2, 0) is 16.1 Å². The van der Waals surface area contributed by atoms with Gasteiger partial charge >= 0.3 is 0 Å². The summed E-state index contributed by atoms with van der Waals surface area (Å²) < 4.78 is 24.4. The summed E-state index contributed by atoms with van der Waals surface area (Å²) in [6.45, 7) is 5.34. The van der Waals surface area contributed by atoms with Crippen LogP contribution in [0, 0.1) is 12.7 Å². The molecule has 2 aromatic carbocycles. The van der Waals surface area contributed by atoms with Gasteiger partial charge in [0.15, 0.2) is 0 Å². The van der Waals surface area contributed by atoms with Crippen LogP contribution in [0.1, 0.15) is 18.1 Å². The number of anilines is 1. The molecule has 0 saturated carbocycles. The standard InChI is InChI=1S/C20H23FN2O3/c1-13-10-17(26-12-15-4-3-5-16(21)11-15)6-7-18(13)23-20(24)19-14(2)25-9-8-22-19/h3-7,10-11,14,19,22H,8-9,12H2,1-2H3,(H,23,24)/t14-,19+/m1/s1. The van der Waals surface area contributed by atoms with E-state index in [0.717, 1.165) is 16.8 Å². The molecule has 1 amide bonds. The van der Waals surface area contributed by atoms with Crippen LogP contribution >= 0.6 is 0 Å². The summed E-state index contributed by atoms with van der Waals surface area (Å²) in [5.74, 6) is 0.265. The fourth-order valence-electron chi connectivity index (χ4n) is 2.90. The highest BCUT2D eigenvalue weighted by Gasteiger charge is 2.28. The third-order valence-corrected chi connectivity index (χ3v) is 4.35. The molecule has 1 heterocycles. The highest BCUT2D eigenvalue weighted by Crippen LogP contribution is 2.23. The molecule has 2 N–H and O–H groups in total. The van der Waals surface area contributed by atoms with E-state index in [-0.39, 0.29) is 30.5 Å². The first-order valence-electron chi connectivity index (χ1n) is 8.66. The number of hydrogen-bond acceptors (Lipinski definition) is 4. The average Bonchev–Trinajstić information content (AvgIpc) is 2.62. The number of amides is 1. The van der Waals surface area contributed by atoms with E-state index in [0.29, 0.717) is 18.9 Å². The van der Waals surface area contributed by atoms with Crippen LogP contribution in [0.3, 0.4) is 0 Å². The van der Waals surface area contributed by atoms with Gasteiger partial charge in [0.2, 0.25) is 5.91 Å². The van der Waals surface area contributed by atoms with Crippen molar-refractivity contribution < 1.29 is 18.7 Å². The fourth-order valence-corrected chi connectivity index (χ4v) is 2.90. The molecule has 3 rings (SSSR count). The Labute approximate surface area is 152 Å². The number of nitrogens with one attached hydrogen (secondary N) is 2. The van der Waals surface area contributed by atoms with Gasteiger partial charge in [0.1, 0.15) is 24.2 Å². The Hall–Kier alpha value is -2.44. The predicted octanol–water partition coefficient (Wildman–Crippen LogP) is 3.03. The zero-order valence-corrected chi connectivity index (χ0v) is 14.9. The predicted molar refractivity (Wildman–Crippen MR) is 97.7 cm³/mol. The minimum absolute atomic E-state index is 0.117. The molecule has 26 heavy (non-hydrogen) atoms. The highest BCUT2D eigenvalue weighted by atomic mass is 19.1. The molecule has 138 valence electrons. The van der Waals surface area contributed by atoms with E-state index in [1.54, 1.807) is 12.1 Å². The minimum Gasteiger partial charge on any atom is -0.489 e. The summed E-state index contributed by atoms with van der Waals surface area (Å²) in [5, 5.41) is 6.10. The van der Waals surface area contributed by atoms with Crippen molar-refractivity contribution in [2.75, 3.05) is 18.5 Å². The van der Waals surface area contributed by atoms with E-state index in [4.69, 9.17) is 9.47 Å². The van der Waals surface area contributed by atoms with E-state index in [1.807, 2.05) is 32.0 Å². The number of hydrogen-bond donors (Lipinski definition) is 2. The molecule has 1 aliphatic heterocycles. The zero-order chi connectivity index (χ0) is 18.5. The summed E-state index contributed by atoms with van der Waals surface area (Å²) in [5.41, 5.74) is 2.38. The molecule has 0 aromatic heterocycles. The van der Waals surface area contributed by atoms with Crippen LogP contribution in [0.4, 0.5) is 10.1 Å². The molecular weight excluding hydrogens is 335 g/mol. The van der Waals surface area contributed by atoms with Crippen LogP contribution in [-0.4, -0.2) is 31.2 Å². The highest BCUT2D eigenvalue weighted by molar-refractivity contribution is 5.96. The number of morpholine rings is 1. The summed E-state index contributed by atoms with van der Waals surface area (Å²) in [7, 11) is 0. The number of benzene rings is 2. The lowest BCUT2D eigenvalue weighted by Crippen LogP contribution is -2.53. The van der Waals surface area contributed by atoms with E-state index >= 15 is 0 Å². The summed E-state index contributed by atoms with van der Waals surface area (Å²) in [6, 6.07) is 11.4. The minimum atomic E-state index is -0.368. The maximum atomic E-state index is 13.2. The lowest BCUT2D eigenvalue weighted by atomic mass is 10.1. The number of rotatable bonds is 5. The fraction of sp³-hybridized carbons (Fsp3) is 0.350. The topological polar surface area (TPSA) is 59.6 Å². The molecule has 1 fully saturated rings. The lowest BCUT2D eigenvalue weighted by Gasteiger charge is -2.29. The Balaban J connectivity index is 1.61. The van der Waals surface area contributed by atoms with Gasteiger partial charge in [-0.15, -0.1) is 0 Å². The monoisotopic (exact) mass is 358 g/mol. The van der Waals surface area contributed by atoms with Crippen molar-refractivity contribution in [2.24, 2.45) is 0 Å². The molecule has 0 aliphatic carbocycles. The molecule has 2 aromatic rings. The second-order valence-corrected chi connectivity index (χ2v) is 6.39. The SMILES string of the molecule is Cc1cc(OCc2cccc(F)c2)ccc1NC(=O)[C@H]1NCCO[C@@H]1C. The van der Waals surface area contributed by atoms with Crippen molar-refractivity contribution in [3.05, 3.63) is 59.4 Å². The van der Waals surface area contributed by atoms with Crippen LogP contribution < -0.4 is 15.4 Å². The molecule has 6 heteroatoms. The van der Waals surface area contributed by atoms with Crippen LogP contribution in [0.25, 0.3) is 0 Å². The number of ether oxygens (including phenoxy) is 2. The molecule has 0 radical (unpaired) electrons. The molecule has 0 unspecified atom stereocenters. The Morgan fingerprint density at radius 1 is 1.35 bits per heavy atom. The van der Waals surface area contributed by atoms with Gasteiger partial charge in [-0.1, -0.05) is 12.1 Å². The maximum Gasteiger partial charge on any atom is 0.244 e. The van der Waals surface area contributed by atoms with Crippen LogP contribution in [0.15, 0.2) is 42.5 Å². The maximum absolute atomic E-state index is 13.2. The van der Waals surface area contributed by atoms with Gasteiger partial charge in [-0.2, -0.15) is 0 Å². The first kappa shape index (κ1) is 18.4. The van der Waals surface area contributed by atoms with Crippen LogP contribution in [0.2, 0.25) is 0 Å². The van der Waals surface area contributed by atoms with Crippen molar-refractivity contribution in [1.29, 1.82) is 0 Å². The molecule has 1 aliphatic rings. The van der Waals surface area contributed by atoms with E-state index < -0.39 is 0 Å². The Morgan fingerprint density at radius 3 is 2.92 bits per heavy atom. The van der Waals surface area contributed by atoms with Crippen molar-refractivity contribution in [3.63, 3.8) is 0 Å². The Bertz CT molecular complexity index is 781. The third kappa shape index (κ3) is 4.59. The number of aryl methyl sites for hydroxylation is 1. The van der Waals surface area contributed by atoms with Gasteiger partial charge in [0.05, 0.1) is 12.7 Å². The van der Waals surface area contributed by atoms with Crippen LogP contribution in [0.5, 0.6) is 5.75 Å². The normalized spacial score (nSPS) is 19.8. The molecule has 0 bridgehead atoms. The third-order valence-electron chi connectivity index (χ3n) is 4.35. The number of carbonyl (C=O) groups is 1. The molecule has 5 nitrogen and oxygen atoms in total. The Morgan fingerprint density at radius 2 is 2.19 bits per heavy atom. The second-order valence-electron chi connectivity index (χ2n) is 6.39. The summed E-state index contributed by atoms with van der Waals surface area (Å²) >= 11 is 0. The van der Waals surface area contributed by atoms with Crippen molar-refractivity contribution in [2.45, 2.75) is 32.6 Å². The van der Waals surface area contributed by atoms with E-state index in [9.17, 15) is 9.18 Å². The van der Waals surface area contributed by atoms with Gasteiger partial charge in [-0.3, -0.25) is 4.79 Å². The van der Waals surface area contributed by atoms with Gasteiger partial charge in [-0.05, 0) is 55.3 Å². The van der Waals surface area contributed by atoms with Crippen molar-refractivity contribution in [3.8, 4) is 5.75 Å². The molecule has 1 saturated heterocycles. The first-order valence-corrected chi connectivity index (χ1v) is 8.66. The molecular formula is C20H23FN2O3. The van der Waals surface area contributed by atoms with E-state index in [1.165, 1.54) is 12.1 Å². The largest absolute Gasteiger partial charge is 0.489 e. The quantitative estimate of drug-likeness (QED) is 0.863.